The quantitative estimate of drug-likeness (QED) is 0.716. The minimum atomic E-state index is -0.895. The molecule has 90 valence electrons. The van der Waals surface area contributed by atoms with Crippen LogP contribution in [0.3, 0.4) is 0 Å². The van der Waals surface area contributed by atoms with E-state index in [2.05, 4.69) is 39.5 Å². The summed E-state index contributed by atoms with van der Waals surface area (Å²) in [7, 11) is 0. The highest BCUT2D eigenvalue weighted by Crippen LogP contribution is 2.41. The number of hydrogen-bond acceptors (Lipinski definition) is 1. The maximum atomic E-state index is 9.89. The SMILES string of the molecule is C=CC(C)(O)/C=C/C1C(C)=CCCC1(C)C. The Morgan fingerprint density at radius 3 is 2.69 bits per heavy atom. The zero-order valence-corrected chi connectivity index (χ0v) is 11.0. The van der Waals surface area contributed by atoms with E-state index >= 15 is 0 Å². The molecule has 1 N–H and O–H groups in total. The van der Waals surface area contributed by atoms with Gasteiger partial charge in [0.1, 0.15) is 0 Å². The second-order valence-electron chi connectivity index (χ2n) is 5.74. The zero-order valence-electron chi connectivity index (χ0n) is 11.0. The monoisotopic (exact) mass is 220 g/mol. The molecule has 0 spiro atoms. The lowest BCUT2D eigenvalue weighted by Gasteiger charge is -2.37. The van der Waals surface area contributed by atoms with Crippen molar-refractivity contribution < 1.29 is 5.11 Å². The van der Waals surface area contributed by atoms with Crippen molar-refractivity contribution in [3.63, 3.8) is 0 Å². The first-order valence-electron chi connectivity index (χ1n) is 6.00. The van der Waals surface area contributed by atoms with Crippen LogP contribution in [-0.2, 0) is 0 Å². The topological polar surface area (TPSA) is 20.2 Å². The largest absolute Gasteiger partial charge is 0.382 e. The summed E-state index contributed by atoms with van der Waals surface area (Å²) in [6, 6.07) is 0. The molecule has 1 heteroatoms. The molecule has 0 saturated heterocycles. The fourth-order valence-corrected chi connectivity index (χ4v) is 2.34. The lowest BCUT2D eigenvalue weighted by Crippen LogP contribution is -2.27. The van der Waals surface area contributed by atoms with Crippen molar-refractivity contribution in [1.29, 1.82) is 0 Å². The van der Waals surface area contributed by atoms with Crippen LogP contribution in [0, 0.1) is 11.3 Å². The molecule has 2 atom stereocenters. The van der Waals surface area contributed by atoms with Gasteiger partial charge in [0.2, 0.25) is 0 Å². The van der Waals surface area contributed by atoms with Crippen molar-refractivity contribution in [3.05, 3.63) is 36.5 Å². The van der Waals surface area contributed by atoms with E-state index in [0.717, 1.165) is 0 Å². The standard InChI is InChI=1S/C15H24O/c1-6-15(5,16)11-9-13-12(2)8-7-10-14(13,3)4/h6,8-9,11,13,16H,1,7,10H2,2-5H3/b11-9+. The molecular weight excluding hydrogens is 196 g/mol. The van der Waals surface area contributed by atoms with Crippen molar-refractivity contribution in [3.8, 4) is 0 Å². The highest BCUT2D eigenvalue weighted by atomic mass is 16.3. The molecule has 0 amide bonds. The van der Waals surface area contributed by atoms with Gasteiger partial charge in [-0.05, 0) is 32.1 Å². The maximum absolute atomic E-state index is 9.89. The average Bonchev–Trinajstić information content (AvgIpc) is 2.16. The van der Waals surface area contributed by atoms with Crippen molar-refractivity contribution in [2.24, 2.45) is 11.3 Å². The number of hydrogen-bond donors (Lipinski definition) is 1. The molecule has 0 bridgehead atoms. The van der Waals surface area contributed by atoms with Crippen molar-refractivity contribution >= 4 is 0 Å². The Hall–Kier alpha value is -0.820. The van der Waals surface area contributed by atoms with Crippen LogP contribution in [0.25, 0.3) is 0 Å². The van der Waals surface area contributed by atoms with Crippen LogP contribution < -0.4 is 0 Å². The Morgan fingerprint density at radius 1 is 1.56 bits per heavy atom. The molecule has 0 heterocycles. The lowest BCUT2D eigenvalue weighted by atomic mass is 9.68. The van der Waals surface area contributed by atoms with Gasteiger partial charge >= 0.3 is 0 Å². The van der Waals surface area contributed by atoms with E-state index in [4.69, 9.17) is 0 Å². The number of allylic oxidation sites excluding steroid dienone is 3. The molecule has 1 rings (SSSR count). The van der Waals surface area contributed by atoms with E-state index in [-0.39, 0.29) is 5.41 Å². The van der Waals surface area contributed by atoms with Gasteiger partial charge in [-0.25, -0.2) is 0 Å². The third kappa shape index (κ3) is 3.08. The van der Waals surface area contributed by atoms with E-state index in [1.165, 1.54) is 18.4 Å². The lowest BCUT2D eigenvalue weighted by molar-refractivity contribution is 0.162. The molecular formula is C15H24O. The highest BCUT2D eigenvalue weighted by Gasteiger charge is 2.31. The summed E-state index contributed by atoms with van der Waals surface area (Å²) in [5.74, 6) is 0.424. The van der Waals surface area contributed by atoms with Gasteiger partial charge in [-0.15, -0.1) is 0 Å². The molecule has 0 fully saturated rings. The Morgan fingerprint density at radius 2 is 2.19 bits per heavy atom. The third-order valence-electron chi connectivity index (χ3n) is 3.63. The average molecular weight is 220 g/mol. The van der Waals surface area contributed by atoms with Gasteiger partial charge in [-0.2, -0.15) is 0 Å². The maximum Gasteiger partial charge on any atom is 0.0978 e. The van der Waals surface area contributed by atoms with Crippen LogP contribution in [-0.4, -0.2) is 10.7 Å². The van der Waals surface area contributed by atoms with Gasteiger partial charge in [-0.3, -0.25) is 0 Å². The fourth-order valence-electron chi connectivity index (χ4n) is 2.34. The van der Waals surface area contributed by atoms with Gasteiger partial charge in [0.05, 0.1) is 5.60 Å². The van der Waals surface area contributed by atoms with E-state index in [9.17, 15) is 5.11 Å². The van der Waals surface area contributed by atoms with Gasteiger partial charge in [0.25, 0.3) is 0 Å². The van der Waals surface area contributed by atoms with E-state index < -0.39 is 5.60 Å². The minimum absolute atomic E-state index is 0.284. The summed E-state index contributed by atoms with van der Waals surface area (Å²) in [6.07, 6.45) is 10.2. The summed E-state index contributed by atoms with van der Waals surface area (Å²) >= 11 is 0. The van der Waals surface area contributed by atoms with E-state index in [0.29, 0.717) is 5.92 Å². The Kier molecular flexibility index (Phi) is 3.80. The van der Waals surface area contributed by atoms with Crippen LogP contribution >= 0.6 is 0 Å². The predicted octanol–water partition coefficient (Wildman–Crippen LogP) is 3.86. The molecule has 0 aromatic carbocycles. The van der Waals surface area contributed by atoms with Gasteiger partial charge in [0.15, 0.2) is 0 Å². The fraction of sp³-hybridized carbons (Fsp3) is 0.600. The Balaban J connectivity index is 2.90. The highest BCUT2D eigenvalue weighted by molar-refractivity contribution is 5.21. The normalized spacial score (nSPS) is 28.6. The van der Waals surface area contributed by atoms with Crippen molar-refractivity contribution in [1.82, 2.24) is 0 Å². The zero-order chi connectivity index (χ0) is 12.4. The summed E-state index contributed by atoms with van der Waals surface area (Å²) in [4.78, 5) is 0. The first-order chi connectivity index (χ1) is 7.28. The summed E-state index contributed by atoms with van der Waals surface area (Å²) in [5, 5.41) is 9.89. The summed E-state index contributed by atoms with van der Waals surface area (Å²) in [6.45, 7) is 12.2. The molecule has 1 aliphatic rings. The van der Waals surface area contributed by atoms with Crippen LogP contribution in [0.15, 0.2) is 36.5 Å². The van der Waals surface area contributed by atoms with Crippen LogP contribution in [0.4, 0.5) is 0 Å². The predicted molar refractivity (Wildman–Crippen MR) is 70.2 cm³/mol. The van der Waals surface area contributed by atoms with Crippen molar-refractivity contribution in [2.75, 3.05) is 0 Å². The molecule has 0 aliphatic heterocycles. The molecule has 0 aromatic heterocycles. The van der Waals surface area contributed by atoms with Gasteiger partial charge in [0, 0.05) is 5.92 Å². The Bertz CT molecular complexity index is 318. The molecule has 0 saturated carbocycles. The number of aliphatic hydroxyl groups is 1. The van der Waals surface area contributed by atoms with E-state index in [1.54, 1.807) is 13.0 Å². The molecule has 0 radical (unpaired) electrons. The van der Waals surface area contributed by atoms with Gasteiger partial charge < -0.3 is 5.11 Å². The second kappa shape index (κ2) is 4.58. The van der Waals surface area contributed by atoms with Crippen LogP contribution in [0.5, 0.6) is 0 Å². The molecule has 2 unspecified atom stereocenters. The van der Waals surface area contributed by atoms with Crippen LogP contribution in [0.2, 0.25) is 0 Å². The molecule has 1 aliphatic carbocycles. The van der Waals surface area contributed by atoms with E-state index in [1.807, 2.05) is 6.08 Å². The number of rotatable bonds is 3. The molecule has 1 nitrogen and oxygen atoms in total. The summed E-state index contributed by atoms with van der Waals surface area (Å²) in [5.41, 5.74) is 0.799. The first-order valence-corrected chi connectivity index (χ1v) is 6.00. The Labute approximate surface area is 99.6 Å². The first kappa shape index (κ1) is 13.2. The van der Waals surface area contributed by atoms with Crippen LogP contribution in [0.1, 0.15) is 40.5 Å². The van der Waals surface area contributed by atoms with Crippen molar-refractivity contribution in [2.45, 2.75) is 46.1 Å². The summed E-state index contributed by atoms with van der Waals surface area (Å²) < 4.78 is 0. The third-order valence-corrected chi connectivity index (χ3v) is 3.63. The minimum Gasteiger partial charge on any atom is -0.382 e. The molecule has 16 heavy (non-hydrogen) atoms. The second-order valence-corrected chi connectivity index (χ2v) is 5.74. The molecule has 0 aromatic rings. The van der Waals surface area contributed by atoms with Gasteiger partial charge in [-0.1, -0.05) is 50.3 Å². The smallest absolute Gasteiger partial charge is 0.0978 e.